The summed E-state index contributed by atoms with van der Waals surface area (Å²) in [6.07, 6.45) is 1.44. The van der Waals surface area contributed by atoms with Crippen LogP contribution in [0.5, 0.6) is 0 Å². The first kappa shape index (κ1) is 14.2. The lowest BCUT2D eigenvalue weighted by atomic mass is 10.5. The van der Waals surface area contributed by atoms with Crippen LogP contribution >= 0.6 is 0 Å². The highest BCUT2D eigenvalue weighted by atomic mass is 16.4. The average molecular weight is 268 g/mol. The molecule has 9 heteroatoms. The fourth-order valence-corrected chi connectivity index (χ4v) is 1.17. The van der Waals surface area contributed by atoms with Crippen molar-refractivity contribution < 1.29 is 14.7 Å². The molecule has 0 aliphatic carbocycles. The van der Waals surface area contributed by atoms with E-state index in [1.807, 2.05) is 0 Å². The maximum absolute atomic E-state index is 11.6. The normalized spacial score (nSPS) is 10.4. The molecule has 0 aliphatic rings. The van der Waals surface area contributed by atoms with Gasteiger partial charge in [0.05, 0.1) is 0 Å². The average Bonchev–Trinajstić information content (AvgIpc) is 2.36. The van der Waals surface area contributed by atoms with Crippen molar-refractivity contribution in [3.63, 3.8) is 0 Å². The summed E-state index contributed by atoms with van der Waals surface area (Å²) < 4.78 is 2.01. The molecule has 19 heavy (non-hydrogen) atoms. The molecule has 102 valence electrons. The van der Waals surface area contributed by atoms with E-state index in [1.165, 1.54) is 14.1 Å². The quantitative estimate of drug-likeness (QED) is 0.436. The second-order valence-corrected chi connectivity index (χ2v) is 3.55. The number of carbonyl (C=O) groups excluding carboxylic acids is 1. The number of hydrazine groups is 1. The molecule has 3 N–H and O–H groups in total. The number of hydrogen-bond donors (Lipinski definition) is 3. The zero-order valence-electron chi connectivity index (χ0n) is 10.2. The molecule has 1 heterocycles. The SMILES string of the molecule is Cn1c(NNC(=O)/C=C/C(=O)O)cc(=O)n(C)c1=O. The van der Waals surface area contributed by atoms with E-state index in [0.29, 0.717) is 6.08 Å². The number of aromatic nitrogens is 2. The summed E-state index contributed by atoms with van der Waals surface area (Å²) in [4.78, 5) is 44.3. The maximum atomic E-state index is 11.6. The first-order valence-corrected chi connectivity index (χ1v) is 5.07. The second-order valence-electron chi connectivity index (χ2n) is 3.55. The van der Waals surface area contributed by atoms with Gasteiger partial charge in [0.1, 0.15) is 5.82 Å². The molecule has 0 fully saturated rings. The minimum absolute atomic E-state index is 0.0742. The lowest BCUT2D eigenvalue weighted by Crippen LogP contribution is -2.39. The molecule has 0 saturated carbocycles. The van der Waals surface area contributed by atoms with Gasteiger partial charge in [-0.2, -0.15) is 0 Å². The number of carbonyl (C=O) groups is 2. The van der Waals surface area contributed by atoms with E-state index in [1.54, 1.807) is 0 Å². The van der Waals surface area contributed by atoms with Gasteiger partial charge in [-0.05, 0) is 0 Å². The van der Waals surface area contributed by atoms with Gasteiger partial charge in [-0.15, -0.1) is 0 Å². The fraction of sp³-hybridized carbons (Fsp3) is 0.200. The summed E-state index contributed by atoms with van der Waals surface area (Å²) in [6, 6.07) is 1.11. The fourth-order valence-electron chi connectivity index (χ4n) is 1.17. The number of rotatable bonds is 4. The topological polar surface area (TPSA) is 122 Å². The molecule has 1 aromatic heterocycles. The van der Waals surface area contributed by atoms with Gasteiger partial charge < -0.3 is 5.11 Å². The molecule has 1 rings (SSSR count). The Morgan fingerprint density at radius 3 is 2.42 bits per heavy atom. The summed E-state index contributed by atoms with van der Waals surface area (Å²) in [5, 5.41) is 8.32. The monoisotopic (exact) mass is 268 g/mol. The van der Waals surface area contributed by atoms with E-state index < -0.39 is 23.1 Å². The van der Waals surface area contributed by atoms with Gasteiger partial charge in [-0.3, -0.25) is 29.6 Å². The first-order chi connectivity index (χ1) is 8.82. The van der Waals surface area contributed by atoms with Crippen LogP contribution in [0.25, 0.3) is 0 Å². The standard InChI is InChI=1S/C10H12N4O5/c1-13-6(5-8(16)14(2)10(13)19)11-12-7(15)3-4-9(17)18/h3-5,11H,1-2H3,(H,12,15)(H,17,18)/b4-3+. The summed E-state index contributed by atoms with van der Waals surface area (Å²) in [7, 11) is 2.73. The van der Waals surface area contributed by atoms with Crippen molar-refractivity contribution in [2.75, 3.05) is 5.43 Å². The van der Waals surface area contributed by atoms with Gasteiger partial charge in [0, 0.05) is 32.3 Å². The van der Waals surface area contributed by atoms with Crippen LogP contribution in [-0.4, -0.2) is 26.1 Å². The number of hydrogen-bond acceptors (Lipinski definition) is 5. The molecule has 1 amide bonds. The highest BCUT2D eigenvalue weighted by Gasteiger charge is 2.05. The molecule has 1 aromatic rings. The Morgan fingerprint density at radius 2 is 1.84 bits per heavy atom. The van der Waals surface area contributed by atoms with E-state index in [4.69, 9.17) is 5.11 Å². The van der Waals surface area contributed by atoms with Gasteiger partial charge >= 0.3 is 11.7 Å². The largest absolute Gasteiger partial charge is 0.478 e. The lowest BCUT2D eigenvalue weighted by Gasteiger charge is -2.11. The minimum Gasteiger partial charge on any atom is -0.478 e. The Labute approximate surface area is 106 Å². The van der Waals surface area contributed by atoms with Crippen molar-refractivity contribution in [3.8, 4) is 0 Å². The van der Waals surface area contributed by atoms with Crippen molar-refractivity contribution in [3.05, 3.63) is 39.1 Å². The third-order valence-corrected chi connectivity index (χ3v) is 2.22. The van der Waals surface area contributed by atoms with Gasteiger partial charge in [0.25, 0.3) is 11.5 Å². The molecular formula is C10H12N4O5. The van der Waals surface area contributed by atoms with Crippen LogP contribution in [0.2, 0.25) is 0 Å². The van der Waals surface area contributed by atoms with E-state index in [2.05, 4.69) is 10.9 Å². The lowest BCUT2D eigenvalue weighted by molar-refractivity contribution is -0.131. The molecule has 0 spiro atoms. The molecule has 0 saturated heterocycles. The Kier molecular flexibility index (Phi) is 4.24. The number of carboxylic acid groups (broad SMARTS) is 1. The molecule has 0 radical (unpaired) electrons. The van der Waals surface area contributed by atoms with Crippen LogP contribution in [-0.2, 0) is 23.7 Å². The minimum atomic E-state index is -1.27. The zero-order chi connectivity index (χ0) is 14.6. The van der Waals surface area contributed by atoms with E-state index in [-0.39, 0.29) is 5.82 Å². The van der Waals surface area contributed by atoms with Crippen LogP contribution in [0, 0.1) is 0 Å². The summed E-state index contributed by atoms with van der Waals surface area (Å²) in [6.45, 7) is 0. The highest BCUT2D eigenvalue weighted by Crippen LogP contribution is 1.95. The highest BCUT2D eigenvalue weighted by molar-refractivity contribution is 5.94. The molecule has 0 bridgehead atoms. The third kappa shape index (κ3) is 3.56. The van der Waals surface area contributed by atoms with Crippen molar-refractivity contribution in [1.82, 2.24) is 14.6 Å². The predicted molar refractivity (Wildman–Crippen MR) is 65.5 cm³/mol. The molecule has 0 aromatic carbocycles. The second kappa shape index (κ2) is 5.67. The van der Waals surface area contributed by atoms with E-state index in [0.717, 1.165) is 21.3 Å². The molecule has 0 atom stereocenters. The first-order valence-electron chi connectivity index (χ1n) is 5.07. The number of amides is 1. The number of anilines is 1. The van der Waals surface area contributed by atoms with Gasteiger partial charge in [-0.1, -0.05) is 0 Å². The van der Waals surface area contributed by atoms with Crippen molar-refractivity contribution >= 4 is 17.7 Å². The van der Waals surface area contributed by atoms with Crippen LogP contribution in [0.4, 0.5) is 5.82 Å². The van der Waals surface area contributed by atoms with Gasteiger partial charge in [0.2, 0.25) is 0 Å². The van der Waals surface area contributed by atoms with Crippen molar-refractivity contribution in [2.24, 2.45) is 14.1 Å². The van der Waals surface area contributed by atoms with Gasteiger partial charge in [0.15, 0.2) is 0 Å². The van der Waals surface area contributed by atoms with Crippen molar-refractivity contribution in [1.29, 1.82) is 0 Å². The number of nitrogens with zero attached hydrogens (tertiary/aromatic N) is 2. The predicted octanol–water partition coefficient (Wildman–Crippen LogP) is -1.83. The van der Waals surface area contributed by atoms with Crippen LogP contribution in [0.1, 0.15) is 0 Å². The zero-order valence-corrected chi connectivity index (χ0v) is 10.2. The summed E-state index contributed by atoms with van der Waals surface area (Å²) in [5.74, 6) is -1.93. The summed E-state index contributed by atoms with van der Waals surface area (Å²) >= 11 is 0. The van der Waals surface area contributed by atoms with Gasteiger partial charge in [-0.25, -0.2) is 9.59 Å². The van der Waals surface area contributed by atoms with E-state index in [9.17, 15) is 19.2 Å². The Hall–Kier alpha value is -2.84. The van der Waals surface area contributed by atoms with Crippen molar-refractivity contribution in [2.45, 2.75) is 0 Å². The smallest absolute Gasteiger partial charge is 0.332 e. The van der Waals surface area contributed by atoms with Crippen LogP contribution in [0.3, 0.4) is 0 Å². The van der Waals surface area contributed by atoms with Crippen LogP contribution < -0.4 is 22.1 Å². The Bertz CT molecular complexity index is 655. The third-order valence-electron chi connectivity index (χ3n) is 2.22. The Morgan fingerprint density at radius 1 is 1.21 bits per heavy atom. The molecular weight excluding hydrogens is 256 g/mol. The number of nitrogens with one attached hydrogen (secondary N) is 2. The summed E-state index contributed by atoms with van der Waals surface area (Å²) in [5.41, 5.74) is 3.37. The maximum Gasteiger partial charge on any atom is 0.332 e. The number of carboxylic acids is 1. The molecule has 0 unspecified atom stereocenters. The van der Waals surface area contributed by atoms with E-state index >= 15 is 0 Å². The molecule has 9 nitrogen and oxygen atoms in total. The van der Waals surface area contributed by atoms with Crippen LogP contribution in [0.15, 0.2) is 27.8 Å². The molecule has 0 aliphatic heterocycles. The Balaban J connectivity index is 2.85. The number of aliphatic carboxylic acids is 1.